The van der Waals surface area contributed by atoms with E-state index in [0.29, 0.717) is 44.0 Å². The number of methoxy groups -OCH3 is 1. The largest absolute Gasteiger partial charge is 0.378 e. The zero-order valence-electron chi connectivity index (χ0n) is 15.8. The zero-order valence-corrected chi connectivity index (χ0v) is 16.6. The lowest BCUT2D eigenvalue weighted by molar-refractivity contribution is -0.120. The Balaban J connectivity index is 1.44. The highest BCUT2D eigenvalue weighted by Crippen LogP contribution is 2.26. The van der Waals surface area contributed by atoms with Crippen LogP contribution in [0.15, 0.2) is 30.6 Å². The molecule has 0 spiro atoms. The van der Waals surface area contributed by atoms with Crippen molar-refractivity contribution in [1.29, 1.82) is 0 Å². The summed E-state index contributed by atoms with van der Waals surface area (Å²) in [5.41, 5.74) is 1.27. The second kappa shape index (κ2) is 8.30. The molecule has 1 saturated heterocycles. The van der Waals surface area contributed by atoms with Crippen molar-refractivity contribution in [2.24, 2.45) is 5.92 Å². The quantitative estimate of drug-likeness (QED) is 0.685. The Labute approximate surface area is 171 Å². The van der Waals surface area contributed by atoms with Crippen LogP contribution in [0.3, 0.4) is 0 Å². The normalized spacial score (nSPS) is 15.1. The Morgan fingerprint density at radius 3 is 2.86 bits per heavy atom. The minimum atomic E-state index is -0.511. The molecule has 1 aliphatic heterocycles. The van der Waals surface area contributed by atoms with Crippen LogP contribution in [-0.2, 0) is 16.1 Å². The Morgan fingerprint density at radius 2 is 2.14 bits per heavy atom. The van der Waals surface area contributed by atoms with Crippen molar-refractivity contribution in [3.63, 3.8) is 0 Å². The number of amides is 1. The first-order chi connectivity index (χ1) is 14.0. The van der Waals surface area contributed by atoms with Gasteiger partial charge in [-0.2, -0.15) is 14.6 Å². The third kappa shape index (κ3) is 4.15. The van der Waals surface area contributed by atoms with Gasteiger partial charge in [0.25, 0.3) is 5.78 Å². The first kappa shape index (κ1) is 19.5. The summed E-state index contributed by atoms with van der Waals surface area (Å²) < 4.78 is 20.2. The number of aromatic nitrogens is 4. The molecule has 1 amide bonds. The van der Waals surface area contributed by atoms with Crippen LogP contribution in [0.25, 0.3) is 5.78 Å². The molecule has 1 fully saturated rings. The number of anilines is 2. The molecule has 1 aromatic carbocycles. The van der Waals surface area contributed by atoms with Crippen LogP contribution in [0.4, 0.5) is 15.9 Å². The molecule has 0 unspecified atom stereocenters. The summed E-state index contributed by atoms with van der Waals surface area (Å²) in [7, 11) is 1.62. The van der Waals surface area contributed by atoms with Gasteiger partial charge >= 0.3 is 0 Å². The summed E-state index contributed by atoms with van der Waals surface area (Å²) >= 11 is 5.78. The third-order valence-corrected chi connectivity index (χ3v) is 5.24. The number of piperidine rings is 1. The second-order valence-electron chi connectivity index (χ2n) is 6.89. The van der Waals surface area contributed by atoms with Crippen molar-refractivity contribution in [1.82, 2.24) is 19.6 Å². The minimum Gasteiger partial charge on any atom is -0.378 e. The predicted molar refractivity (Wildman–Crippen MR) is 106 cm³/mol. The summed E-state index contributed by atoms with van der Waals surface area (Å²) in [6, 6.07) is 6.10. The number of hydrogen-bond acceptors (Lipinski definition) is 6. The lowest BCUT2D eigenvalue weighted by atomic mass is 9.95. The maximum Gasteiger partial charge on any atom is 0.254 e. The van der Waals surface area contributed by atoms with E-state index >= 15 is 0 Å². The number of nitrogens with zero attached hydrogens (tertiary/aromatic N) is 5. The van der Waals surface area contributed by atoms with Crippen LogP contribution >= 0.6 is 11.6 Å². The van der Waals surface area contributed by atoms with E-state index in [9.17, 15) is 9.18 Å². The van der Waals surface area contributed by atoms with E-state index in [0.717, 1.165) is 11.5 Å². The van der Waals surface area contributed by atoms with Gasteiger partial charge in [0.15, 0.2) is 0 Å². The number of hydrogen-bond donors (Lipinski definition) is 1. The van der Waals surface area contributed by atoms with Crippen LogP contribution < -0.4 is 10.2 Å². The first-order valence-electron chi connectivity index (χ1n) is 9.24. The molecule has 1 N–H and O–H groups in total. The second-order valence-corrected chi connectivity index (χ2v) is 7.30. The summed E-state index contributed by atoms with van der Waals surface area (Å²) in [6.45, 7) is 1.76. The average molecular weight is 419 g/mol. The molecule has 2 aromatic heterocycles. The van der Waals surface area contributed by atoms with Gasteiger partial charge in [-0.05, 0) is 31.0 Å². The Kier molecular flexibility index (Phi) is 5.59. The highest BCUT2D eigenvalue weighted by molar-refractivity contribution is 6.31. The van der Waals surface area contributed by atoms with Crippen molar-refractivity contribution in [3.05, 3.63) is 47.1 Å². The van der Waals surface area contributed by atoms with Gasteiger partial charge in [-0.15, -0.1) is 0 Å². The van der Waals surface area contributed by atoms with Crippen LogP contribution in [0.5, 0.6) is 0 Å². The Bertz CT molecular complexity index is 1030. The van der Waals surface area contributed by atoms with Crippen molar-refractivity contribution in [3.8, 4) is 0 Å². The molecule has 0 atom stereocenters. The lowest BCUT2D eigenvalue weighted by Crippen LogP contribution is -2.39. The molecule has 4 rings (SSSR count). The molecular weight excluding hydrogens is 399 g/mol. The molecule has 29 heavy (non-hydrogen) atoms. The van der Waals surface area contributed by atoms with Gasteiger partial charge in [0.1, 0.15) is 18.0 Å². The number of halogens is 2. The van der Waals surface area contributed by atoms with E-state index in [-0.39, 0.29) is 16.8 Å². The fraction of sp³-hybridized carbons (Fsp3) is 0.368. The fourth-order valence-electron chi connectivity index (χ4n) is 3.48. The topological polar surface area (TPSA) is 84.7 Å². The highest BCUT2D eigenvalue weighted by Gasteiger charge is 2.27. The van der Waals surface area contributed by atoms with E-state index in [2.05, 4.69) is 25.3 Å². The summed E-state index contributed by atoms with van der Waals surface area (Å²) in [5.74, 6) is 0.656. The van der Waals surface area contributed by atoms with Gasteiger partial charge in [0.2, 0.25) is 5.91 Å². The lowest BCUT2D eigenvalue weighted by Gasteiger charge is -2.33. The molecule has 8 nitrogen and oxygen atoms in total. The van der Waals surface area contributed by atoms with Gasteiger partial charge < -0.3 is 15.0 Å². The fourth-order valence-corrected chi connectivity index (χ4v) is 3.66. The molecule has 10 heteroatoms. The van der Waals surface area contributed by atoms with E-state index in [1.807, 2.05) is 6.07 Å². The Morgan fingerprint density at radius 1 is 1.34 bits per heavy atom. The molecule has 152 valence electrons. The van der Waals surface area contributed by atoms with E-state index in [1.165, 1.54) is 24.5 Å². The van der Waals surface area contributed by atoms with Gasteiger partial charge in [0.05, 0.1) is 17.3 Å². The van der Waals surface area contributed by atoms with Gasteiger partial charge in [-0.1, -0.05) is 11.6 Å². The third-order valence-electron chi connectivity index (χ3n) is 4.96. The van der Waals surface area contributed by atoms with Crippen molar-refractivity contribution >= 4 is 34.8 Å². The smallest absolute Gasteiger partial charge is 0.254 e. The summed E-state index contributed by atoms with van der Waals surface area (Å²) in [5, 5.41) is 7.07. The average Bonchev–Trinajstić information content (AvgIpc) is 3.19. The number of carbonyl (C=O) groups is 1. The molecule has 0 saturated carbocycles. The van der Waals surface area contributed by atoms with E-state index in [1.54, 1.807) is 11.6 Å². The molecule has 0 radical (unpaired) electrons. The maximum absolute atomic E-state index is 13.3. The number of carbonyl (C=O) groups excluding carboxylic acids is 1. The van der Waals surface area contributed by atoms with E-state index in [4.69, 9.17) is 16.3 Å². The molecule has 3 heterocycles. The SMILES string of the molecule is COCc1cc(N2CCC(C(=O)Nc3ccc(F)c(Cl)c3)CC2)n2ncnc2n1. The van der Waals surface area contributed by atoms with Crippen molar-refractivity contribution in [2.75, 3.05) is 30.4 Å². The van der Waals surface area contributed by atoms with Gasteiger partial charge in [0, 0.05) is 37.9 Å². The van der Waals surface area contributed by atoms with Crippen LogP contribution in [0.1, 0.15) is 18.5 Å². The Hall–Kier alpha value is -2.78. The minimum absolute atomic E-state index is 0.0148. The molecular formula is C19H20ClFN6O2. The van der Waals surface area contributed by atoms with Crippen LogP contribution in [0.2, 0.25) is 5.02 Å². The molecule has 3 aromatic rings. The number of benzene rings is 1. The van der Waals surface area contributed by atoms with Crippen LogP contribution in [-0.4, -0.2) is 45.7 Å². The number of fused-ring (bicyclic) bond motifs is 1. The monoisotopic (exact) mass is 418 g/mol. The first-order valence-corrected chi connectivity index (χ1v) is 9.62. The number of nitrogens with one attached hydrogen (secondary N) is 1. The molecule has 1 aliphatic rings. The van der Waals surface area contributed by atoms with Crippen molar-refractivity contribution < 1.29 is 13.9 Å². The van der Waals surface area contributed by atoms with Crippen molar-refractivity contribution in [2.45, 2.75) is 19.4 Å². The standard InChI is InChI=1S/C19H20ClFN6O2/c1-29-10-14-9-17(27-19(25-14)22-11-23-27)26-6-4-12(5-7-26)18(28)24-13-2-3-16(21)15(20)8-13/h2-3,8-9,11-12H,4-7,10H2,1H3,(H,24,28). The molecule has 0 aliphatic carbocycles. The zero-order chi connectivity index (χ0) is 20.4. The van der Waals surface area contributed by atoms with E-state index < -0.39 is 5.82 Å². The van der Waals surface area contributed by atoms with Gasteiger partial charge in [-0.3, -0.25) is 4.79 Å². The number of ether oxygens (including phenoxy) is 1. The predicted octanol–water partition coefficient (Wildman–Crippen LogP) is 2.92. The number of rotatable bonds is 5. The van der Waals surface area contributed by atoms with Gasteiger partial charge in [-0.25, -0.2) is 9.37 Å². The highest BCUT2D eigenvalue weighted by atomic mass is 35.5. The summed E-state index contributed by atoms with van der Waals surface area (Å²) in [6.07, 6.45) is 2.83. The maximum atomic E-state index is 13.3. The molecule has 0 bridgehead atoms. The van der Waals surface area contributed by atoms with Crippen LogP contribution in [0, 0.1) is 11.7 Å². The summed E-state index contributed by atoms with van der Waals surface area (Å²) in [4.78, 5) is 23.4.